The summed E-state index contributed by atoms with van der Waals surface area (Å²) in [5.41, 5.74) is 6.39. The molecule has 10 nitrogen and oxygen atoms in total. The SMILES string of the molecule is Cc1ccc(NC(=O)[C@]2(C)CCCN2C2=NC(=Nc3cc(C4CC4)[nH]n3)C3=CCCN3N2)cn1. The minimum Gasteiger partial charge on any atom is -0.327 e. The molecule has 4 aliphatic rings. The van der Waals surface area contributed by atoms with E-state index in [1.54, 1.807) is 6.20 Å². The fraction of sp³-hybridized carbons (Fsp3) is 0.458. The molecule has 6 rings (SSSR count). The lowest BCUT2D eigenvalue weighted by Crippen LogP contribution is -2.60. The van der Waals surface area contributed by atoms with Gasteiger partial charge in [0, 0.05) is 36.5 Å². The molecule has 176 valence electrons. The molecule has 0 spiro atoms. The Morgan fingerprint density at radius 2 is 2.18 bits per heavy atom. The highest BCUT2D eigenvalue weighted by Gasteiger charge is 2.46. The molecule has 10 heteroatoms. The molecule has 3 N–H and O–H groups in total. The molecular formula is C24H29N9O. The third-order valence-electron chi connectivity index (χ3n) is 7.03. The first-order chi connectivity index (χ1) is 16.5. The predicted octanol–water partition coefficient (Wildman–Crippen LogP) is 2.98. The van der Waals surface area contributed by atoms with Gasteiger partial charge in [-0.05, 0) is 58.1 Å². The standard InChI is InChI=1S/C24H29N9O/c1-15-6-9-17(14-25-15)26-22(34)24(2)10-4-11-32(24)23-28-21(19-5-3-12-33(19)31-23)27-20-13-18(29-30-20)16-7-8-16/h5-6,9,13-14,16H,3-4,7-8,10-12H2,1-2H3,(H,26,34)(H2,27,28,29,30,31)/t24-/m0/s1. The monoisotopic (exact) mass is 459 g/mol. The lowest BCUT2D eigenvalue weighted by Gasteiger charge is -2.40. The Hall–Kier alpha value is -3.69. The molecule has 1 saturated carbocycles. The van der Waals surface area contributed by atoms with Crippen LogP contribution >= 0.6 is 0 Å². The number of likely N-dealkylation sites (tertiary alicyclic amines) is 1. The number of aromatic nitrogens is 3. The lowest BCUT2D eigenvalue weighted by molar-refractivity contribution is -0.123. The normalized spacial score (nSPS) is 25.2. The van der Waals surface area contributed by atoms with Gasteiger partial charge in [-0.25, -0.2) is 4.99 Å². The fourth-order valence-corrected chi connectivity index (χ4v) is 4.84. The summed E-state index contributed by atoms with van der Waals surface area (Å²) in [6.07, 6.45) is 8.79. The second kappa shape index (κ2) is 7.96. The van der Waals surface area contributed by atoms with Gasteiger partial charge in [0.25, 0.3) is 0 Å². The molecule has 0 unspecified atom stereocenters. The lowest BCUT2D eigenvalue weighted by atomic mass is 9.97. The van der Waals surface area contributed by atoms with Crippen LogP contribution in [0.3, 0.4) is 0 Å². The fourth-order valence-electron chi connectivity index (χ4n) is 4.84. The Morgan fingerprint density at radius 3 is 2.97 bits per heavy atom. The molecular weight excluding hydrogens is 430 g/mol. The maximum absolute atomic E-state index is 13.4. The summed E-state index contributed by atoms with van der Waals surface area (Å²) in [5.74, 6) is 2.43. The molecule has 1 saturated heterocycles. The number of amidine groups is 1. The summed E-state index contributed by atoms with van der Waals surface area (Å²) in [7, 11) is 0. The van der Waals surface area contributed by atoms with Gasteiger partial charge in [-0.15, -0.1) is 0 Å². The molecule has 0 aromatic carbocycles. The topological polar surface area (TPSA) is 114 Å². The highest BCUT2D eigenvalue weighted by molar-refractivity contribution is 6.10. The van der Waals surface area contributed by atoms with Gasteiger partial charge in [0.05, 0.1) is 17.6 Å². The van der Waals surface area contributed by atoms with Crippen LogP contribution in [0.25, 0.3) is 0 Å². The molecule has 1 atom stereocenters. The smallest absolute Gasteiger partial charge is 0.250 e. The largest absolute Gasteiger partial charge is 0.327 e. The average Bonchev–Trinajstić information content (AvgIpc) is 3.20. The van der Waals surface area contributed by atoms with Crippen LogP contribution in [0, 0.1) is 6.92 Å². The van der Waals surface area contributed by atoms with Crippen LogP contribution in [-0.4, -0.2) is 61.4 Å². The number of anilines is 1. The van der Waals surface area contributed by atoms with Crippen molar-refractivity contribution >= 4 is 29.2 Å². The van der Waals surface area contributed by atoms with Crippen molar-refractivity contribution in [2.24, 2.45) is 9.98 Å². The van der Waals surface area contributed by atoms with Crippen LogP contribution in [0.2, 0.25) is 0 Å². The molecule has 3 aliphatic heterocycles. The number of aliphatic imine (C=N–C) groups is 2. The van der Waals surface area contributed by atoms with Gasteiger partial charge >= 0.3 is 0 Å². The molecule has 1 amide bonds. The van der Waals surface area contributed by atoms with Crippen LogP contribution in [0.1, 0.15) is 56.3 Å². The Balaban J connectivity index is 1.29. The Kier molecular flexibility index (Phi) is 4.89. The number of nitrogens with one attached hydrogen (secondary N) is 3. The van der Waals surface area contributed by atoms with E-state index in [9.17, 15) is 4.79 Å². The van der Waals surface area contributed by atoms with Gasteiger partial charge in [-0.2, -0.15) is 10.1 Å². The maximum atomic E-state index is 13.4. The van der Waals surface area contributed by atoms with Gasteiger partial charge in [0.2, 0.25) is 11.9 Å². The number of amides is 1. The summed E-state index contributed by atoms with van der Waals surface area (Å²) in [4.78, 5) is 29.4. The van der Waals surface area contributed by atoms with Crippen molar-refractivity contribution in [1.82, 2.24) is 30.5 Å². The number of carbonyl (C=O) groups excluding carboxylic acids is 1. The number of fused-ring (bicyclic) bond motifs is 1. The third kappa shape index (κ3) is 3.72. The molecule has 2 aromatic rings. The van der Waals surface area contributed by atoms with Crippen LogP contribution in [-0.2, 0) is 4.79 Å². The summed E-state index contributed by atoms with van der Waals surface area (Å²) in [6, 6.07) is 5.79. The number of nitrogens with zero attached hydrogens (tertiary/aromatic N) is 6. The number of carbonyl (C=O) groups is 1. The van der Waals surface area contributed by atoms with Crippen LogP contribution in [0.5, 0.6) is 0 Å². The summed E-state index contributed by atoms with van der Waals surface area (Å²) >= 11 is 0. The average molecular weight is 460 g/mol. The maximum Gasteiger partial charge on any atom is 0.250 e. The van der Waals surface area contributed by atoms with E-state index in [0.29, 0.717) is 29.2 Å². The zero-order chi connectivity index (χ0) is 23.3. The highest BCUT2D eigenvalue weighted by Crippen LogP contribution is 2.40. The zero-order valence-electron chi connectivity index (χ0n) is 19.5. The van der Waals surface area contributed by atoms with E-state index < -0.39 is 5.54 Å². The van der Waals surface area contributed by atoms with Crippen molar-refractivity contribution in [2.75, 3.05) is 18.4 Å². The second-order valence-electron chi connectivity index (χ2n) is 9.64. The van der Waals surface area contributed by atoms with Crippen molar-refractivity contribution in [1.29, 1.82) is 0 Å². The van der Waals surface area contributed by atoms with Crippen molar-refractivity contribution in [2.45, 2.75) is 57.4 Å². The summed E-state index contributed by atoms with van der Waals surface area (Å²) in [6.45, 7) is 5.46. The second-order valence-corrected chi connectivity index (χ2v) is 9.64. The van der Waals surface area contributed by atoms with E-state index in [1.807, 2.05) is 32.0 Å². The minimum absolute atomic E-state index is 0.0669. The van der Waals surface area contributed by atoms with Gasteiger partial charge in [-0.1, -0.05) is 6.08 Å². The van der Waals surface area contributed by atoms with Gasteiger partial charge in [-0.3, -0.25) is 25.3 Å². The Morgan fingerprint density at radius 1 is 1.29 bits per heavy atom. The Bertz CT molecular complexity index is 1210. The van der Waals surface area contributed by atoms with Crippen LogP contribution in [0.15, 0.2) is 46.2 Å². The van der Waals surface area contributed by atoms with E-state index in [4.69, 9.17) is 9.98 Å². The van der Waals surface area contributed by atoms with Crippen molar-refractivity contribution in [3.63, 3.8) is 0 Å². The summed E-state index contributed by atoms with van der Waals surface area (Å²) in [5, 5.41) is 12.6. The molecule has 0 radical (unpaired) electrons. The zero-order valence-corrected chi connectivity index (χ0v) is 19.5. The molecule has 2 aromatic heterocycles. The van der Waals surface area contributed by atoms with Crippen LogP contribution < -0.4 is 10.7 Å². The number of hydrogen-bond donors (Lipinski definition) is 3. The van der Waals surface area contributed by atoms with E-state index in [0.717, 1.165) is 49.4 Å². The first-order valence-electron chi connectivity index (χ1n) is 12.0. The number of rotatable bonds is 4. The minimum atomic E-state index is -0.742. The first kappa shape index (κ1) is 20.9. The van der Waals surface area contributed by atoms with Gasteiger partial charge < -0.3 is 10.2 Å². The third-order valence-corrected chi connectivity index (χ3v) is 7.03. The Labute approximate surface area is 198 Å². The predicted molar refractivity (Wildman–Crippen MR) is 130 cm³/mol. The molecule has 0 bridgehead atoms. The number of pyridine rings is 1. The number of aryl methyl sites for hydroxylation is 1. The van der Waals surface area contributed by atoms with Gasteiger partial charge in [0.1, 0.15) is 5.54 Å². The van der Waals surface area contributed by atoms with Crippen LogP contribution in [0.4, 0.5) is 11.5 Å². The van der Waals surface area contributed by atoms with Crippen molar-refractivity contribution in [3.8, 4) is 0 Å². The number of H-pyrrole nitrogens is 1. The highest BCUT2D eigenvalue weighted by atomic mass is 16.2. The van der Waals surface area contributed by atoms with E-state index in [2.05, 4.69) is 41.9 Å². The number of aromatic amines is 1. The molecule has 5 heterocycles. The summed E-state index contributed by atoms with van der Waals surface area (Å²) < 4.78 is 0. The van der Waals surface area contributed by atoms with Crippen molar-refractivity contribution in [3.05, 3.63) is 47.6 Å². The van der Waals surface area contributed by atoms with Gasteiger partial charge in [0.15, 0.2) is 11.7 Å². The van der Waals surface area contributed by atoms with E-state index >= 15 is 0 Å². The number of hydrazine groups is 1. The molecule has 34 heavy (non-hydrogen) atoms. The molecule has 2 fully saturated rings. The number of hydrogen-bond acceptors (Lipinski definition) is 7. The number of guanidine groups is 1. The quantitative estimate of drug-likeness (QED) is 0.648. The van der Waals surface area contributed by atoms with E-state index in [1.165, 1.54) is 12.8 Å². The van der Waals surface area contributed by atoms with E-state index in [-0.39, 0.29) is 5.91 Å². The van der Waals surface area contributed by atoms with Crippen molar-refractivity contribution < 1.29 is 4.79 Å². The molecule has 1 aliphatic carbocycles. The first-order valence-corrected chi connectivity index (χ1v) is 12.0.